The topological polar surface area (TPSA) is 61.5 Å². The van der Waals surface area contributed by atoms with Crippen molar-refractivity contribution in [2.45, 2.75) is 37.6 Å². The summed E-state index contributed by atoms with van der Waals surface area (Å²) in [5.74, 6) is 0.773. The molecule has 3 rings (SSSR count). The third-order valence-corrected chi connectivity index (χ3v) is 4.55. The predicted molar refractivity (Wildman–Crippen MR) is 69.9 cm³/mol. The number of aliphatic hydroxyl groups excluding tert-OH is 1. The van der Waals surface area contributed by atoms with Gasteiger partial charge in [0, 0.05) is 25.2 Å². The van der Waals surface area contributed by atoms with Gasteiger partial charge in [-0.1, -0.05) is 0 Å². The van der Waals surface area contributed by atoms with Crippen LogP contribution in [0.3, 0.4) is 0 Å². The maximum atomic E-state index is 8.75. The molecule has 4 nitrogen and oxygen atoms in total. The Morgan fingerprint density at radius 3 is 2.53 bits per heavy atom. The minimum absolute atomic E-state index is 0.176. The van der Waals surface area contributed by atoms with Crippen molar-refractivity contribution in [1.29, 1.82) is 0 Å². The first-order chi connectivity index (χ1) is 8.30. The number of unbranched alkanes of at least 4 members (excludes halogenated alkanes) is 2. The lowest BCUT2D eigenvalue weighted by Crippen LogP contribution is -2.69. The molecule has 0 spiro atoms. The summed E-state index contributed by atoms with van der Waals surface area (Å²) in [6.07, 6.45) is 5.79. The molecule has 2 bridgehead atoms. The summed E-state index contributed by atoms with van der Waals surface area (Å²) in [5.41, 5.74) is 6.21. The third-order valence-electron chi connectivity index (χ3n) is 4.55. The molecular formula is C13H27N3O. The molecular weight excluding hydrogens is 214 g/mol. The summed E-state index contributed by atoms with van der Waals surface area (Å²) in [5, 5.41) is 12.5. The van der Waals surface area contributed by atoms with E-state index >= 15 is 0 Å². The van der Waals surface area contributed by atoms with Crippen molar-refractivity contribution < 1.29 is 5.11 Å². The Hall–Kier alpha value is -0.160. The van der Waals surface area contributed by atoms with E-state index in [4.69, 9.17) is 10.8 Å². The Morgan fingerprint density at radius 2 is 2.00 bits per heavy atom. The van der Waals surface area contributed by atoms with Crippen LogP contribution in [-0.2, 0) is 0 Å². The highest BCUT2D eigenvalue weighted by atomic mass is 16.2. The normalized spacial score (nSPS) is 36.4. The van der Waals surface area contributed by atoms with Gasteiger partial charge in [-0.3, -0.25) is 0 Å². The lowest BCUT2D eigenvalue weighted by atomic mass is 9.72. The monoisotopic (exact) mass is 241 g/mol. The average Bonchev–Trinajstić information content (AvgIpc) is 2.40. The van der Waals surface area contributed by atoms with Crippen molar-refractivity contribution in [2.75, 3.05) is 39.3 Å². The van der Waals surface area contributed by atoms with Crippen molar-refractivity contribution in [3.05, 3.63) is 0 Å². The van der Waals surface area contributed by atoms with Crippen molar-refractivity contribution in [2.24, 2.45) is 11.7 Å². The second kappa shape index (κ2) is 6.14. The van der Waals surface area contributed by atoms with Crippen molar-refractivity contribution >= 4 is 0 Å². The van der Waals surface area contributed by atoms with E-state index in [0.29, 0.717) is 6.61 Å². The molecule has 1 unspecified atom stereocenters. The largest absolute Gasteiger partial charge is 0.396 e. The molecule has 0 saturated carbocycles. The summed E-state index contributed by atoms with van der Waals surface area (Å²) in [6.45, 7) is 5.78. The highest BCUT2D eigenvalue weighted by Gasteiger charge is 2.45. The van der Waals surface area contributed by atoms with E-state index in [-0.39, 0.29) is 5.54 Å². The third kappa shape index (κ3) is 2.99. The van der Waals surface area contributed by atoms with Gasteiger partial charge in [0.2, 0.25) is 0 Å². The molecule has 1 atom stereocenters. The number of hydrogen-bond acceptors (Lipinski definition) is 4. The van der Waals surface area contributed by atoms with Gasteiger partial charge in [0.15, 0.2) is 0 Å². The molecule has 17 heavy (non-hydrogen) atoms. The van der Waals surface area contributed by atoms with Gasteiger partial charge < -0.3 is 21.1 Å². The minimum atomic E-state index is 0.176. The standard InChI is InChI=1S/C13H27N3O/c14-10-13(15-6-2-1-3-9-17)11-16-7-4-12(13)5-8-16/h12,15,17H,1-11,14H2. The molecule has 4 N–H and O–H groups in total. The quantitative estimate of drug-likeness (QED) is 0.556. The van der Waals surface area contributed by atoms with Gasteiger partial charge in [0.05, 0.1) is 0 Å². The van der Waals surface area contributed by atoms with Crippen molar-refractivity contribution in [3.63, 3.8) is 0 Å². The van der Waals surface area contributed by atoms with Crippen LogP contribution in [0.1, 0.15) is 32.1 Å². The maximum Gasteiger partial charge on any atom is 0.0462 e. The predicted octanol–water partition coefficient (Wildman–Crippen LogP) is 0.162. The smallest absolute Gasteiger partial charge is 0.0462 e. The zero-order chi connectivity index (χ0) is 12.1. The van der Waals surface area contributed by atoms with Gasteiger partial charge >= 0.3 is 0 Å². The molecule has 0 aliphatic carbocycles. The van der Waals surface area contributed by atoms with Crippen LogP contribution in [0.5, 0.6) is 0 Å². The Kier molecular flexibility index (Phi) is 4.79. The van der Waals surface area contributed by atoms with Crippen molar-refractivity contribution in [1.82, 2.24) is 10.2 Å². The summed E-state index contributed by atoms with van der Waals surface area (Å²) in [6, 6.07) is 0. The minimum Gasteiger partial charge on any atom is -0.396 e. The number of nitrogens with zero attached hydrogens (tertiary/aromatic N) is 1. The van der Waals surface area contributed by atoms with Crippen LogP contribution in [-0.4, -0.2) is 54.9 Å². The average molecular weight is 241 g/mol. The molecule has 0 amide bonds. The van der Waals surface area contributed by atoms with E-state index < -0.39 is 0 Å². The van der Waals surface area contributed by atoms with Crippen LogP contribution in [0.2, 0.25) is 0 Å². The Morgan fingerprint density at radius 1 is 1.24 bits per heavy atom. The number of fused-ring (bicyclic) bond motifs is 3. The van der Waals surface area contributed by atoms with E-state index in [9.17, 15) is 0 Å². The summed E-state index contributed by atoms with van der Waals surface area (Å²) >= 11 is 0. The van der Waals surface area contributed by atoms with Gasteiger partial charge in [-0.2, -0.15) is 0 Å². The first-order valence-corrected chi connectivity index (χ1v) is 7.09. The Bertz CT molecular complexity index is 229. The molecule has 100 valence electrons. The lowest BCUT2D eigenvalue weighted by molar-refractivity contribution is 0.0110. The molecule has 3 aliphatic rings. The summed E-state index contributed by atoms with van der Waals surface area (Å²) in [4.78, 5) is 2.55. The fourth-order valence-electron chi connectivity index (χ4n) is 3.43. The van der Waals surface area contributed by atoms with Crippen LogP contribution >= 0.6 is 0 Å². The van der Waals surface area contributed by atoms with Crippen LogP contribution in [0, 0.1) is 5.92 Å². The fourth-order valence-corrected chi connectivity index (χ4v) is 3.43. The molecule has 0 aromatic rings. The van der Waals surface area contributed by atoms with Crippen LogP contribution in [0.25, 0.3) is 0 Å². The number of nitrogens with one attached hydrogen (secondary N) is 1. The zero-order valence-corrected chi connectivity index (χ0v) is 10.8. The first kappa shape index (κ1) is 13.3. The number of nitrogens with two attached hydrogens (primary N) is 1. The van der Waals surface area contributed by atoms with Gasteiger partial charge in [-0.05, 0) is 57.7 Å². The second-order valence-corrected chi connectivity index (χ2v) is 5.62. The van der Waals surface area contributed by atoms with Crippen LogP contribution in [0.15, 0.2) is 0 Å². The number of hydrogen-bond donors (Lipinski definition) is 3. The van der Waals surface area contributed by atoms with E-state index in [1.54, 1.807) is 0 Å². The lowest BCUT2D eigenvalue weighted by Gasteiger charge is -2.53. The van der Waals surface area contributed by atoms with Gasteiger partial charge in [0.25, 0.3) is 0 Å². The first-order valence-electron chi connectivity index (χ1n) is 7.09. The second-order valence-electron chi connectivity index (χ2n) is 5.62. The van der Waals surface area contributed by atoms with Gasteiger partial charge in [-0.25, -0.2) is 0 Å². The SMILES string of the molecule is NCC1(NCCCCCO)CN2CCC1CC2. The zero-order valence-electron chi connectivity index (χ0n) is 10.8. The highest BCUT2D eigenvalue weighted by molar-refractivity contribution is 5.04. The van der Waals surface area contributed by atoms with Crippen LogP contribution < -0.4 is 11.1 Å². The molecule has 0 aromatic heterocycles. The highest BCUT2D eigenvalue weighted by Crippen LogP contribution is 2.34. The van der Waals surface area contributed by atoms with Crippen LogP contribution in [0.4, 0.5) is 0 Å². The molecule has 0 aromatic carbocycles. The van der Waals surface area contributed by atoms with Crippen molar-refractivity contribution in [3.8, 4) is 0 Å². The van der Waals surface area contributed by atoms with E-state index in [1.165, 1.54) is 25.9 Å². The molecule has 0 radical (unpaired) electrons. The number of piperidine rings is 3. The van der Waals surface area contributed by atoms with Gasteiger partial charge in [-0.15, -0.1) is 0 Å². The number of aliphatic hydroxyl groups is 1. The van der Waals surface area contributed by atoms with E-state index in [2.05, 4.69) is 10.2 Å². The van der Waals surface area contributed by atoms with E-state index in [0.717, 1.165) is 44.8 Å². The molecule has 3 fully saturated rings. The molecule has 4 heteroatoms. The molecule has 3 saturated heterocycles. The molecule has 3 heterocycles. The summed E-state index contributed by atoms with van der Waals surface area (Å²) < 4.78 is 0. The number of rotatable bonds is 7. The Balaban J connectivity index is 1.79. The molecule has 3 aliphatic heterocycles. The fraction of sp³-hybridized carbons (Fsp3) is 1.00. The summed E-state index contributed by atoms with van der Waals surface area (Å²) in [7, 11) is 0. The maximum absolute atomic E-state index is 8.75. The van der Waals surface area contributed by atoms with E-state index in [1.807, 2.05) is 0 Å². The Labute approximate surface area is 105 Å². The van der Waals surface area contributed by atoms with Gasteiger partial charge in [0.1, 0.15) is 0 Å².